The summed E-state index contributed by atoms with van der Waals surface area (Å²) in [6.45, 7) is 2.40. The molecule has 2 N–H and O–H groups in total. The number of primary amides is 1. The van der Waals surface area contributed by atoms with E-state index in [1.807, 2.05) is 0 Å². The molecule has 0 aliphatic carbocycles. The van der Waals surface area contributed by atoms with Crippen LogP contribution in [-0.2, 0) is 9.53 Å². The van der Waals surface area contributed by atoms with Crippen LogP contribution in [-0.4, -0.2) is 56.5 Å². The third-order valence-electron chi connectivity index (χ3n) is 3.85. The summed E-state index contributed by atoms with van der Waals surface area (Å²) >= 11 is 0. The van der Waals surface area contributed by atoms with Crippen LogP contribution in [0.2, 0.25) is 0 Å². The molecule has 2 aromatic heterocycles. The first-order chi connectivity index (χ1) is 11.0. The van der Waals surface area contributed by atoms with Gasteiger partial charge in [-0.05, 0) is 19.1 Å². The van der Waals surface area contributed by atoms with Gasteiger partial charge in [-0.15, -0.1) is 0 Å². The molecule has 3 heterocycles. The Kier molecular flexibility index (Phi) is 3.83. The largest absolute Gasteiger partial charge is 0.367 e. The fourth-order valence-electron chi connectivity index (χ4n) is 2.43. The first-order valence-electron chi connectivity index (χ1n) is 7.17. The Morgan fingerprint density at radius 3 is 2.83 bits per heavy atom. The smallest absolute Gasteiger partial charge is 0.255 e. The van der Waals surface area contributed by atoms with Gasteiger partial charge in [-0.1, -0.05) is 0 Å². The maximum atomic E-state index is 12.6. The molecule has 0 bridgehead atoms. The predicted molar refractivity (Wildman–Crippen MR) is 80.8 cm³/mol. The molecular weight excluding hydrogens is 298 g/mol. The maximum absolute atomic E-state index is 12.6. The Morgan fingerprint density at radius 1 is 1.39 bits per heavy atom. The second kappa shape index (κ2) is 5.81. The Hall–Kier alpha value is -2.74. The summed E-state index contributed by atoms with van der Waals surface area (Å²) in [5, 5.41) is 0. The van der Waals surface area contributed by atoms with Crippen LogP contribution in [0.15, 0.2) is 37.1 Å². The number of aromatic nitrogens is 3. The zero-order valence-corrected chi connectivity index (χ0v) is 12.7. The van der Waals surface area contributed by atoms with Crippen LogP contribution in [0.4, 0.5) is 0 Å². The summed E-state index contributed by atoms with van der Waals surface area (Å²) in [5.41, 5.74) is 4.65. The van der Waals surface area contributed by atoms with Gasteiger partial charge in [-0.25, -0.2) is 9.97 Å². The van der Waals surface area contributed by atoms with Crippen molar-refractivity contribution in [1.29, 1.82) is 0 Å². The lowest BCUT2D eigenvalue weighted by molar-refractivity contribution is -0.150. The first kappa shape index (κ1) is 15.2. The normalized spacial score (nSPS) is 21.2. The molecule has 1 aliphatic rings. The lowest BCUT2D eigenvalue weighted by atomic mass is 10.0. The highest BCUT2D eigenvalue weighted by Gasteiger charge is 2.39. The summed E-state index contributed by atoms with van der Waals surface area (Å²) in [6.07, 6.45) is 6.56. The van der Waals surface area contributed by atoms with Crippen molar-refractivity contribution in [1.82, 2.24) is 19.4 Å². The van der Waals surface area contributed by atoms with Crippen molar-refractivity contribution in [3.8, 4) is 5.82 Å². The number of amides is 2. The molecule has 8 nitrogen and oxygen atoms in total. The van der Waals surface area contributed by atoms with Gasteiger partial charge in [0, 0.05) is 25.1 Å². The number of hydrogen-bond acceptors (Lipinski definition) is 5. The van der Waals surface area contributed by atoms with Gasteiger partial charge in [0.15, 0.2) is 5.60 Å². The van der Waals surface area contributed by atoms with E-state index < -0.39 is 11.5 Å². The molecule has 0 saturated carbocycles. The topological polar surface area (TPSA) is 103 Å². The number of morpholine rings is 1. The lowest BCUT2D eigenvalue weighted by Crippen LogP contribution is -2.58. The highest BCUT2D eigenvalue weighted by molar-refractivity contribution is 5.95. The average molecular weight is 315 g/mol. The van der Waals surface area contributed by atoms with Crippen LogP contribution in [0.3, 0.4) is 0 Å². The SMILES string of the molecule is C[C@@]1(C(N)=O)CN(C(=O)c2ccc(-n3ccnc3)nc2)CCO1. The maximum Gasteiger partial charge on any atom is 0.255 e. The zero-order chi connectivity index (χ0) is 16.4. The van der Waals surface area contributed by atoms with E-state index in [4.69, 9.17) is 10.5 Å². The van der Waals surface area contributed by atoms with Gasteiger partial charge in [0.2, 0.25) is 0 Å². The molecule has 1 aliphatic heterocycles. The first-order valence-corrected chi connectivity index (χ1v) is 7.17. The van der Waals surface area contributed by atoms with Gasteiger partial charge < -0.3 is 15.4 Å². The average Bonchev–Trinajstić information content (AvgIpc) is 3.09. The van der Waals surface area contributed by atoms with Crippen LogP contribution in [0.1, 0.15) is 17.3 Å². The van der Waals surface area contributed by atoms with Crippen LogP contribution in [0.25, 0.3) is 5.82 Å². The summed E-state index contributed by atoms with van der Waals surface area (Å²) in [7, 11) is 0. The predicted octanol–water partition coefficient (Wildman–Crippen LogP) is -0.0163. The highest BCUT2D eigenvalue weighted by Crippen LogP contribution is 2.19. The highest BCUT2D eigenvalue weighted by atomic mass is 16.5. The number of rotatable bonds is 3. The molecule has 120 valence electrons. The molecule has 2 amide bonds. The number of imidazole rings is 1. The minimum atomic E-state index is -1.15. The molecule has 0 radical (unpaired) electrons. The van der Waals surface area contributed by atoms with Crippen LogP contribution in [0, 0.1) is 0 Å². The standard InChI is InChI=1S/C15H17N5O3/c1-15(14(16)22)9-19(6-7-23-15)13(21)11-2-3-12(18-8-11)20-5-4-17-10-20/h2-5,8,10H,6-7,9H2,1H3,(H2,16,22)/t15-/m0/s1. The van der Waals surface area contributed by atoms with Crippen LogP contribution >= 0.6 is 0 Å². The number of pyridine rings is 1. The molecule has 0 aromatic carbocycles. The Labute approximate surface area is 132 Å². The molecule has 1 saturated heterocycles. The molecule has 3 rings (SSSR count). The van der Waals surface area contributed by atoms with Crippen LogP contribution in [0.5, 0.6) is 0 Å². The number of nitrogens with zero attached hydrogens (tertiary/aromatic N) is 4. The number of carbonyl (C=O) groups is 2. The monoisotopic (exact) mass is 315 g/mol. The molecule has 0 unspecified atom stereocenters. The zero-order valence-electron chi connectivity index (χ0n) is 12.7. The molecule has 1 fully saturated rings. The fourth-order valence-corrected chi connectivity index (χ4v) is 2.43. The van der Waals surface area contributed by atoms with E-state index in [0.717, 1.165) is 0 Å². The van der Waals surface area contributed by atoms with Gasteiger partial charge in [-0.2, -0.15) is 0 Å². The van der Waals surface area contributed by atoms with Crippen molar-refractivity contribution >= 4 is 11.8 Å². The van der Waals surface area contributed by atoms with Gasteiger partial charge in [0.05, 0.1) is 18.7 Å². The lowest BCUT2D eigenvalue weighted by Gasteiger charge is -2.38. The van der Waals surface area contributed by atoms with Gasteiger partial charge in [0.25, 0.3) is 11.8 Å². The van der Waals surface area contributed by atoms with E-state index in [0.29, 0.717) is 17.9 Å². The van der Waals surface area contributed by atoms with Gasteiger partial charge in [0.1, 0.15) is 12.1 Å². The van der Waals surface area contributed by atoms with Crippen molar-refractivity contribution in [3.05, 3.63) is 42.6 Å². The van der Waals surface area contributed by atoms with Gasteiger partial charge in [-0.3, -0.25) is 14.2 Å². The third-order valence-corrected chi connectivity index (χ3v) is 3.85. The summed E-state index contributed by atoms with van der Waals surface area (Å²) in [6, 6.07) is 3.43. The summed E-state index contributed by atoms with van der Waals surface area (Å²) in [5.74, 6) is -0.114. The van der Waals surface area contributed by atoms with E-state index in [2.05, 4.69) is 9.97 Å². The number of nitrogens with two attached hydrogens (primary N) is 1. The van der Waals surface area contributed by atoms with Crippen molar-refractivity contribution < 1.29 is 14.3 Å². The molecule has 1 atom stereocenters. The van der Waals surface area contributed by atoms with E-state index in [1.165, 1.54) is 6.20 Å². The Balaban J connectivity index is 1.76. The summed E-state index contributed by atoms with van der Waals surface area (Å²) in [4.78, 5) is 33.8. The van der Waals surface area contributed by atoms with E-state index in [9.17, 15) is 9.59 Å². The molecule has 8 heteroatoms. The fraction of sp³-hybridized carbons (Fsp3) is 0.333. The Morgan fingerprint density at radius 2 is 2.22 bits per heavy atom. The van der Waals surface area contributed by atoms with Crippen molar-refractivity contribution in [3.63, 3.8) is 0 Å². The third kappa shape index (κ3) is 2.93. The minimum Gasteiger partial charge on any atom is -0.367 e. The number of ether oxygens (including phenoxy) is 1. The quantitative estimate of drug-likeness (QED) is 0.857. The second-order valence-corrected chi connectivity index (χ2v) is 5.55. The second-order valence-electron chi connectivity index (χ2n) is 5.55. The number of hydrogen-bond donors (Lipinski definition) is 1. The van der Waals surface area contributed by atoms with E-state index >= 15 is 0 Å². The molecule has 23 heavy (non-hydrogen) atoms. The number of carbonyl (C=O) groups excluding carboxylic acids is 2. The summed E-state index contributed by atoms with van der Waals surface area (Å²) < 4.78 is 7.16. The van der Waals surface area contributed by atoms with Crippen molar-refractivity contribution in [2.24, 2.45) is 5.73 Å². The molecule has 0 spiro atoms. The van der Waals surface area contributed by atoms with Crippen molar-refractivity contribution in [2.75, 3.05) is 19.7 Å². The van der Waals surface area contributed by atoms with E-state index in [1.54, 1.807) is 47.2 Å². The van der Waals surface area contributed by atoms with Crippen LogP contribution < -0.4 is 5.73 Å². The van der Waals surface area contributed by atoms with Crippen molar-refractivity contribution in [2.45, 2.75) is 12.5 Å². The Bertz CT molecular complexity index is 713. The minimum absolute atomic E-state index is 0.129. The van der Waals surface area contributed by atoms with E-state index in [-0.39, 0.29) is 19.1 Å². The van der Waals surface area contributed by atoms with Gasteiger partial charge >= 0.3 is 0 Å². The molecular formula is C15H17N5O3. The molecule has 2 aromatic rings.